The van der Waals surface area contributed by atoms with Crippen LogP contribution in [0.1, 0.15) is 24.3 Å². The second kappa shape index (κ2) is 6.50. The number of benzene rings is 1. The predicted octanol–water partition coefficient (Wildman–Crippen LogP) is 3.00. The van der Waals surface area contributed by atoms with Gasteiger partial charge in [-0.3, -0.25) is 4.79 Å². The summed E-state index contributed by atoms with van der Waals surface area (Å²) in [6.45, 7) is 5.06. The third-order valence-electron chi connectivity index (χ3n) is 4.10. The second-order valence-corrected chi connectivity index (χ2v) is 7.24. The highest BCUT2D eigenvalue weighted by Gasteiger charge is 2.29. The van der Waals surface area contributed by atoms with E-state index < -0.39 is 0 Å². The zero-order valence-corrected chi connectivity index (χ0v) is 14.9. The highest BCUT2D eigenvalue weighted by molar-refractivity contribution is 7.21. The quantitative estimate of drug-likeness (QED) is 0.708. The molecule has 2 aromatic heterocycles. The van der Waals surface area contributed by atoms with E-state index >= 15 is 0 Å². The van der Waals surface area contributed by atoms with E-state index in [9.17, 15) is 4.79 Å². The monoisotopic (exact) mass is 354 g/mol. The molecule has 0 spiro atoms. The molecule has 2 unspecified atom stereocenters. The Morgan fingerprint density at radius 1 is 1.16 bits per heavy atom. The van der Waals surface area contributed by atoms with E-state index in [0.717, 1.165) is 10.2 Å². The standard InChI is InChI=1S/C18H18N4O2S/c1-11-9-22(10-12(2)24-11)18(23)16-15(19-7-8-20-16)17-21-13-5-3-4-6-14(13)25-17/h3-8,11-12H,9-10H2,1-2H3. The second-order valence-electron chi connectivity index (χ2n) is 6.21. The maximum atomic E-state index is 13.0. The summed E-state index contributed by atoms with van der Waals surface area (Å²) < 4.78 is 6.78. The lowest BCUT2D eigenvalue weighted by molar-refractivity contribution is -0.0587. The van der Waals surface area contributed by atoms with Crippen LogP contribution in [0.15, 0.2) is 36.7 Å². The fourth-order valence-electron chi connectivity index (χ4n) is 3.12. The van der Waals surface area contributed by atoms with Gasteiger partial charge in [0.1, 0.15) is 10.7 Å². The van der Waals surface area contributed by atoms with Crippen LogP contribution in [-0.4, -0.2) is 51.1 Å². The first kappa shape index (κ1) is 16.1. The first-order chi connectivity index (χ1) is 12.1. The van der Waals surface area contributed by atoms with Crippen LogP contribution in [0, 0.1) is 0 Å². The molecule has 6 nitrogen and oxygen atoms in total. The van der Waals surface area contributed by atoms with E-state index in [0.29, 0.717) is 29.5 Å². The summed E-state index contributed by atoms with van der Waals surface area (Å²) in [6.07, 6.45) is 3.17. The Balaban J connectivity index is 1.72. The Bertz CT molecular complexity index is 883. The predicted molar refractivity (Wildman–Crippen MR) is 96.6 cm³/mol. The van der Waals surface area contributed by atoms with Crippen LogP contribution >= 0.6 is 11.3 Å². The van der Waals surface area contributed by atoms with Crippen molar-refractivity contribution in [2.24, 2.45) is 0 Å². The molecule has 1 fully saturated rings. The molecule has 0 saturated carbocycles. The third-order valence-corrected chi connectivity index (χ3v) is 5.15. The van der Waals surface area contributed by atoms with E-state index in [2.05, 4.69) is 15.0 Å². The van der Waals surface area contributed by atoms with Gasteiger partial charge in [0.05, 0.1) is 22.4 Å². The van der Waals surface area contributed by atoms with Gasteiger partial charge >= 0.3 is 0 Å². The van der Waals surface area contributed by atoms with Crippen molar-refractivity contribution in [2.75, 3.05) is 13.1 Å². The Labute approximate surface area is 149 Å². The molecular weight excluding hydrogens is 336 g/mol. The van der Waals surface area contributed by atoms with E-state index in [4.69, 9.17) is 4.74 Å². The molecule has 3 aromatic rings. The number of carbonyl (C=O) groups is 1. The highest BCUT2D eigenvalue weighted by atomic mass is 32.1. The number of rotatable bonds is 2. The molecule has 1 saturated heterocycles. The molecule has 0 radical (unpaired) electrons. The van der Waals surface area contributed by atoms with E-state index in [1.54, 1.807) is 17.3 Å². The topological polar surface area (TPSA) is 68.2 Å². The minimum Gasteiger partial charge on any atom is -0.372 e. The van der Waals surface area contributed by atoms with Crippen molar-refractivity contribution in [3.63, 3.8) is 0 Å². The number of hydrogen-bond donors (Lipinski definition) is 0. The number of para-hydroxylation sites is 1. The molecule has 1 aromatic carbocycles. The van der Waals surface area contributed by atoms with Crippen molar-refractivity contribution in [3.8, 4) is 10.7 Å². The number of aromatic nitrogens is 3. The Morgan fingerprint density at radius 2 is 1.88 bits per heavy atom. The number of amides is 1. The molecule has 0 bridgehead atoms. The highest BCUT2D eigenvalue weighted by Crippen LogP contribution is 2.30. The van der Waals surface area contributed by atoms with Crippen molar-refractivity contribution in [2.45, 2.75) is 26.1 Å². The smallest absolute Gasteiger partial charge is 0.274 e. The lowest BCUT2D eigenvalue weighted by atomic mass is 10.2. The number of carbonyl (C=O) groups excluding carboxylic acids is 1. The minimum atomic E-state index is -0.121. The molecule has 0 aliphatic carbocycles. The van der Waals surface area contributed by atoms with Gasteiger partial charge in [-0.25, -0.2) is 15.0 Å². The molecular formula is C18H18N4O2S. The summed E-state index contributed by atoms with van der Waals surface area (Å²) in [5.74, 6) is -0.121. The zero-order valence-electron chi connectivity index (χ0n) is 14.0. The summed E-state index contributed by atoms with van der Waals surface area (Å²) in [7, 11) is 0. The maximum absolute atomic E-state index is 13.0. The zero-order chi connectivity index (χ0) is 17.4. The van der Waals surface area contributed by atoms with Gasteiger partial charge < -0.3 is 9.64 Å². The largest absolute Gasteiger partial charge is 0.372 e. The molecule has 4 rings (SSSR count). The molecule has 3 heterocycles. The van der Waals surface area contributed by atoms with Gasteiger partial charge in [0.25, 0.3) is 5.91 Å². The summed E-state index contributed by atoms with van der Waals surface area (Å²) in [5.41, 5.74) is 1.79. The molecule has 25 heavy (non-hydrogen) atoms. The number of fused-ring (bicyclic) bond motifs is 1. The van der Waals surface area contributed by atoms with Gasteiger partial charge in [-0.15, -0.1) is 11.3 Å². The van der Waals surface area contributed by atoms with Crippen LogP contribution in [0.3, 0.4) is 0 Å². The molecule has 0 N–H and O–H groups in total. The van der Waals surface area contributed by atoms with Crippen LogP contribution in [0.2, 0.25) is 0 Å². The van der Waals surface area contributed by atoms with Crippen molar-refractivity contribution >= 4 is 27.5 Å². The molecule has 1 amide bonds. The molecule has 7 heteroatoms. The van der Waals surface area contributed by atoms with E-state index in [1.807, 2.05) is 38.1 Å². The van der Waals surface area contributed by atoms with Crippen molar-refractivity contribution < 1.29 is 9.53 Å². The van der Waals surface area contributed by atoms with Gasteiger partial charge in [0.15, 0.2) is 5.69 Å². The van der Waals surface area contributed by atoms with Crippen LogP contribution in [0.4, 0.5) is 0 Å². The van der Waals surface area contributed by atoms with Gasteiger partial charge in [0, 0.05) is 25.5 Å². The lowest BCUT2D eigenvalue weighted by Crippen LogP contribution is -2.48. The normalized spacial score (nSPS) is 20.8. The molecule has 2 atom stereocenters. The molecule has 1 aliphatic heterocycles. The first-order valence-corrected chi connectivity index (χ1v) is 9.05. The van der Waals surface area contributed by atoms with Crippen LogP contribution in [0.5, 0.6) is 0 Å². The van der Waals surface area contributed by atoms with Gasteiger partial charge in [-0.05, 0) is 26.0 Å². The van der Waals surface area contributed by atoms with Crippen LogP contribution in [0.25, 0.3) is 20.9 Å². The van der Waals surface area contributed by atoms with Crippen LogP contribution in [-0.2, 0) is 4.74 Å². The Morgan fingerprint density at radius 3 is 2.64 bits per heavy atom. The number of ether oxygens (including phenoxy) is 1. The van der Waals surface area contributed by atoms with Crippen LogP contribution < -0.4 is 0 Å². The summed E-state index contributed by atoms with van der Waals surface area (Å²) in [5, 5.41) is 0.715. The summed E-state index contributed by atoms with van der Waals surface area (Å²) in [4.78, 5) is 28.2. The number of hydrogen-bond acceptors (Lipinski definition) is 6. The molecule has 128 valence electrons. The average Bonchev–Trinajstić information content (AvgIpc) is 3.04. The number of nitrogens with zero attached hydrogens (tertiary/aromatic N) is 4. The minimum absolute atomic E-state index is 0.00951. The van der Waals surface area contributed by atoms with Crippen molar-refractivity contribution in [1.82, 2.24) is 19.9 Å². The third kappa shape index (κ3) is 3.12. The van der Waals surface area contributed by atoms with Gasteiger partial charge in [-0.1, -0.05) is 12.1 Å². The maximum Gasteiger partial charge on any atom is 0.274 e. The Kier molecular flexibility index (Phi) is 4.19. The van der Waals surface area contributed by atoms with Crippen molar-refractivity contribution in [1.29, 1.82) is 0 Å². The van der Waals surface area contributed by atoms with E-state index in [1.165, 1.54) is 11.3 Å². The lowest BCUT2D eigenvalue weighted by Gasteiger charge is -2.35. The SMILES string of the molecule is CC1CN(C(=O)c2nccnc2-c2nc3ccccc3s2)CC(C)O1. The number of thiazole rings is 1. The van der Waals surface area contributed by atoms with Gasteiger partial charge in [0.2, 0.25) is 0 Å². The fourth-order valence-corrected chi connectivity index (χ4v) is 4.08. The van der Waals surface area contributed by atoms with E-state index in [-0.39, 0.29) is 18.1 Å². The summed E-state index contributed by atoms with van der Waals surface area (Å²) in [6, 6.07) is 7.90. The van der Waals surface area contributed by atoms with Gasteiger partial charge in [-0.2, -0.15) is 0 Å². The Hall–Kier alpha value is -2.38. The molecule has 1 aliphatic rings. The first-order valence-electron chi connectivity index (χ1n) is 8.23. The fraction of sp³-hybridized carbons (Fsp3) is 0.333. The average molecular weight is 354 g/mol. The number of morpholine rings is 1. The summed E-state index contributed by atoms with van der Waals surface area (Å²) >= 11 is 1.52. The van der Waals surface area contributed by atoms with Crippen molar-refractivity contribution in [3.05, 3.63) is 42.4 Å².